The van der Waals surface area contributed by atoms with Crippen LogP contribution in [0, 0.1) is 5.92 Å². The summed E-state index contributed by atoms with van der Waals surface area (Å²) in [5.74, 6) is 0.436. The Hall–Kier alpha value is -1.38. The highest BCUT2D eigenvalue weighted by Crippen LogP contribution is 2.45. The van der Waals surface area contributed by atoms with Crippen molar-refractivity contribution in [3.8, 4) is 0 Å². The minimum Gasteiger partial charge on any atom is -0.344 e. The number of hydrogen-bond acceptors (Lipinski definition) is 2. The maximum Gasteiger partial charge on any atom is 0.169 e. The van der Waals surface area contributed by atoms with Gasteiger partial charge in [0, 0.05) is 12.8 Å². The first-order valence-electron chi connectivity index (χ1n) is 20.3. The van der Waals surface area contributed by atoms with Crippen molar-refractivity contribution in [1.29, 1.82) is 0 Å². The normalized spacial score (nSPS) is 23.5. The lowest BCUT2D eigenvalue weighted by Crippen LogP contribution is -2.32. The largest absolute Gasteiger partial charge is 0.344 e. The maximum absolute atomic E-state index is 6.73. The summed E-state index contributed by atoms with van der Waals surface area (Å²) in [5.41, 5.74) is 0. The predicted molar refractivity (Wildman–Crippen MR) is 203 cm³/mol. The first kappa shape index (κ1) is 40.8. The van der Waals surface area contributed by atoms with E-state index in [0.29, 0.717) is 12.2 Å². The van der Waals surface area contributed by atoms with Gasteiger partial charge in [0.15, 0.2) is 5.79 Å². The molecule has 0 spiro atoms. The van der Waals surface area contributed by atoms with Crippen LogP contribution in [0.3, 0.4) is 0 Å². The summed E-state index contributed by atoms with van der Waals surface area (Å²) in [4.78, 5) is 0. The van der Waals surface area contributed by atoms with Crippen molar-refractivity contribution in [3.63, 3.8) is 0 Å². The minimum atomic E-state index is -0.305. The van der Waals surface area contributed by atoms with Crippen LogP contribution in [0.15, 0.2) is 60.8 Å². The van der Waals surface area contributed by atoms with E-state index in [4.69, 9.17) is 9.47 Å². The summed E-state index contributed by atoms with van der Waals surface area (Å²) in [6, 6.07) is 0. The summed E-state index contributed by atoms with van der Waals surface area (Å²) in [5, 5.41) is 0. The molecule has 2 nitrogen and oxygen atoms in total. The van der Waals surface area contributed by atoms with Gasteiger partial charge in [0.25, 0.3) is 0 Å². The third-order valence-electron chi connectivity index (χ3n) is 9.87. The van der Waals surface area contributed by atoms with Crippen LogP contribution in [0.2, 0.25) is 0 Å². The molecule has 0 bridgehead atoms. The molecule has 264 valence electrons. The molecule has 0 aromatic carbocycles. The Labute approximate surface area is 287 Å². The van der Waals surface area contributed by atoms with Gasteiger partial charge in [-0.1, -0.05) is 146 Å². The van der Waals surface area contributed by atoms with E-state index in [1.54, 1.807) is 0 Å². The van der Waals surface area contributed by atoms with Gasteiger partial charge in [-0.2, -0.15) is 0 Å². The first-order chi connectivity index (χ1) is 22.7. The quantitative estimate of drug-likeness (QED) is 0.0577. The highest BCUT2D eigenvalue weighted by molar-refractivity contribution is 4.98. The van der Waals surface area contributed by atoms with Crippen LogP contribution >= 0.6 is 0 Å². The van der Waals surface area contributed by atoms with Gasteiger partial charge in [0.1, 0.15) is 0 Å². The second-order valence-electron chi connectivity index (χ2n) is 14.5. The van der Waals surface area contributed by atoms with E-state index in [-0.39, 0.29) is 5.79 Å². The van der Waals surface area contributed by atoms with Gasteiger partial charge in [-0.15, -0.1) is 0 Å². The van der Waals surface area contributed by atoms with Gasteiger partial charge in [0.2, 0.25) is 0 Å². The molecule has 2 rings (SSSR count). The van der Waals surface area contributed by atoms with Crippen LogP contribution in [-0.4, -0.2) is 18.0 Å². The lowest BCUT2D eigenvalue weighted by atomic mass is 9.99. The minimum absolute atomic E-state index is 0.305. The smallest absolute Gasteiger partial charge is 0.169 e. The molecule has 0 aromatic rings. The van der Waals surface area contributed by atoms with Crippen LogP contribution in [0.1, 0.15) is 194 Å². The number of ether oxygens (including phenoxy) is 2. The van der Waals surface area contributed by atoms with Crippen molar-refractivity contribution in [3.05, 3.63) is 60.8 Å². The van der Waals surface area contributed by atoms with E-state index in [1.807, 2.05) is 0 Å². The zero-order valence-electron chi connectivity index (χ0n) is 30.9. The van der Waals surface area contributed by atoms with Crippen LogP contribution in [0.25, 0.3) is 0 Å². The van der Waals surface area contributed by atoms with Gasteiger partial charge >= 0.3 is 0 Å². The van der Waals surface area contributed by atoms with Crippen molar-refractivity contribution in [1.82, 2.24) is 0 Å². The predicted octanol–water partition coefficient (Wildman–Crippen LogP) is 14.5. The molecule has 2 heteroatoms. The van der Waals surface area contributed by atoms with Crippen LogP contribution in [-0.2, 0) is 9.47 Å². The van der Waals surface area contributed by atoms with Crippen molar-refractivity contribution in [2.75, 3.05) is 0 Å². The van der Waals surface area contributed by atoms with Gasteiger partial charge in [0.05, 0.1) is 12.2 Å². The van der Waals surface area contributed by atoms with Crippen LogP contribution < -0.4 is 0 Å². The van der Waals surface area contributed by atoms with Gasteiger partial charge in [-0.3, -0.25) is 0 Å². The molecule has 1 saturated heterocycles. The van der Waals surface area contributed by atoms with Crippen molar-refractivity contribution >= 4 is 0 Å². The Kier molecular flexibility index (Phi) is 25.4. The molecule has 0 amide bonds. The highest BCUT2D eigenvalue weighted by Gasteiger charge is 2.50. The van der Waals surface area contributed by atoms with Gasteiger partial charge in [-0.05, 0) is 102 Å². The molecule has 46 heavy (non-hydrogen) atoms. The number of hydrogen-bond donors (Lipinski definition) is 0. The van der Waals surface area contributed by atoms with E-state index in [2.05, 4.69) is 81.5 Å². The number of rotatable bonds is 30. The Morgan fingerprint density at radius 3 is 1.20 bits per heavy atom. The van der Waals surface area contributed by atoms with E-state index in [1.165, 1.54) is 135 Å². The van der Waals surface area contributed by atoms with E-state index in [9.17, 15) is 0 Å². The Morgan fingerprint density at radius 1 is 0.435 bits per heavy atom. The third kappa shape index (κ3) is 20.8. The second-order valence-corrected chi connectivity index (χ2v) is 14.5. The fraction of sp³-hybridized carbons (Fsp3) is 0.773. The molecule has 2 aliphatic rings. The molecule has 4 atom stereocenters. The number of allylic oxidation sites excluding steroid dienone is 10. The zero-order valence-corrected chi connectivity index (χ0v) is 30.9. The van der Waals surface area contributed by atoms with Crippen molar-refractivity contribution < 1.29 is 9.47 Å². The molecule has 0 N–H and O–H groups in total. The van der Waals surface area contributed by atoms with Gasteiger partial charge < -0.3 is 9.47 Å². The maximum atomic E-state index is 6.73. The number of unbranched alkanes of at least 4 members (excludes halogenated alkanes) is 16. The zero-order chi connectivity index (χ0) is 32.8. The topological polar surface area (TPSA) is 18.5 Å². The summed E-state index contributed by atoms with van der Waals surface area (Å²) in [6.07, 6.45) is 58.0. The Balaban J connectivity index is 1.52. The molecule has 1 saturated carbocycles. The lowest BCUT2D eigenvalue weighted by molar-refractivity contribution is -0.192. The molecule has 1 aliphatic heterocycles. The molecular formula is C44H76O2. The molecule has 1 aliphatic carbocycles. The fourth-order valence-corrected chi connectivity index (χ4v) is 7.06. The average Bonchev–Trinajstić information content (AvgIpc) is 3.56. The summed E-state index contributed by atoms with van der Waals surface area (Å²) in [6.45, 7) is 6.90. The van der Waals surface area contributed by atoms with Crippen LogP contribution in [0.4, 0.5) is 0 Å². The molecular weight excluding hydrogens is 560 g/mol. The molecule has 0 radical (unpaired) electrons. The average molecular weight is 637 g/mol. The summed E-state index contributed by atoms with van der Waals surface area (Å²) < 4.78 is 13.5. The highest BCUT2D eigenvalue weighted by atomic mass is 16.8. The Morgan fingerprint density at radius 2 is 0.761 bits per heavy atom. The molecule has 2 unspecified atom stereocenters. The number of fused-ring (bicyclic) bond motifs is 1. The fourth-order valence-electron chi connectivity index (χ4n) is 7.06. The van der Waals surface area contributed by atoms with Crippen molar-refractivity contribution in [2.24, 2.45) is 5.92 Å². The second kappa shape index (κ2) is 28.6. The molecule has 2 fully saturated rings. The lowest BCUT2D eigenvalue weighted by Gasteiger charge is -2.30. The standard InChI is InChI=1S/C44H76O2/c1-4-6-8-10-12-14-16-18-20-22-24-26-28-30-32-34-36-38-44(45-42-39-41(3)40-43(42)46-44)37-35-33-31-29-27-25-23-21-19-17-15-13-11-9-7-5-2/h14-17,20-23,27,29,41-43H,4-13,18-19,24-26,28,30-40H2,1-3H3/b16-14-,17-15-,22-20-,23-21-,29-27-/t41?,42-,43+,44?. The first-order valence-corrected chi connectivity index (χ1v) is 20.3. The van der Waals surface area contributed by atoms with Crippen LogP contribution in [0.5, 0.6) is 0 Å². The van der Waals surface area contributed by atoms with E-state index in [0.717, 1.165) is 44.4 Å². The Bertz CT molecular complexity index is 819. The SMILES string of the molecule is CCCCCC/C=C\C/C=C\C/C=C\CCCCC1(CCCCCCCC/C=C\C/C=C\CCCCCC)O[C@H]2CC(C)C[C@H]2O1. The molecule has 1 heterocycles. The molecule has 0 aromatic heterocycles. The third-order valence-corrected chi connectivity index (χ3v) is 9.87. The van der Waals surface area contributed by atoms with Crippen molar-refractivity contribution in [2.45, 2.75) is 212 Å². The summed E-state index contributed by atoms with van der Waals surface area (Å²) in [7, 11) is 0. The monoisotopic (exact) mass is 637 g/mol. The van der Waals surface area contributed by atoms with E-state index >= 15 is 0 Å². The van der Waals surface area contributed by atoms with E-state index < -0.39 is 0 Å². The summed E-state index contributed by atoms with van der Waals surface area (Å²) >= 11 is 0. The van der Waals surface area contributed by atoms with Gasteiger partial charge in [-0.25, -0.2) is 0 Å².